The van der Waals surface area contributed by atoms with Gasteiger partial charge in [0, 0.05) is 18.6 Å². The van der Waals surface area contributed by atoms with Gasteiger partial charge in [-0.05, 0) is 19.4 Å². The number of hydrogen-bond acceptors (Lipinski definition) is 5. The molecule has 0 aliphatic carbocycles. The lowest BCUT2D eigenvalue weighted by molar-refractivity contribution is -0.116. The van der Waals surface area contributed by atoms with Crippen molar-refractivity contribution in [2.75, 3.05) is 24.4 Å². The van der Waals surface area contributed by atoms with E-state index < -0.39 is 0 Å². The van der Waals surface area contributed by atoms with Crippen LogP contribution in [-0.2, 0) is 4.79 Å². The lowest BCUT2D eigenvalue weighted by atomic mass is 10.1. The molecule has 6 heteroatoms. The van der Waals surface area contributed by atoms with Crippen molar-refractivity contribution < 1.29 is 14.3 Å². The summed E-state index contributed by atoms with van der Waals surface area (Å²) in [6.07, 6.45) is 4.43. The molecular formula is C14H21N3O3. The highest BCUT2D eigenvalue weighted by atomic mass is 16.7. The summed E-state index contributed by atoms with van der Waals surface area (Å²) in [6, 6.07) is 3.36. The Morgan fingerprint density at radius 2 is 1.85 bits per heavy atom. The van der Waals surface area contributed by atoms with Crippen molar-refractivity contribution in [3.8, 4) is 11.5 Å². The minimum absolute atomic E-state index is 0.0386. The molecule has 20 heavy (non-hydrogen) atoms. The number of unbranched alkanes of at least 4 members (excludes halogenated alkanes) is 3. The van der Waals surface area contributed by atoms with Crippen LogP contribution in [0.15, 0.2) is 12.1 Å². The maximum atomic E-state index is 11.8. The van der Waals surface area contributed by atoms with E-state index in [9.17, 15) is 4.79 Å². The van der Waals surface area contributed by atoms with E-state index in [0.717, 1.165) is 25.7 Å². The topological polar surface area (TPSA) is 99.6 Å². The Kier molecular flexibility index (Phi) is 5.06. The van der Waals surface area contributed by atoms with E-state index in [1.165, 1.54) is 0 Å². The second-order valence-corrected chi connectivity index (χ2v) is 4.79. The van der Waals surface area contributed by atoms with Crippen molar-refractivity contribution >= 4 is 17.3 Å². The fourth-order valence-corrected chi connectivity index (χ4v) is 2.06. The summed E-state index contributed by atoms with van der Waals surface area (Å²) < 4.78 is 10.5. The molecule has 1 aliphatic rings. The van der Waals surface area contributed by atoms with E-state index in [4.69, 9.17) is 20.9 Å². The van der Waals surface area contributed by atoms with Gasteiger partial charge in [0.15, 0.2) is 11.5 Å². The monoisotopic (exact) mass is 279 g/mol. The molecule has 0 unspecified atom stereocenters. The van der Waals surface area contributed by atoms with E-state index in [1.807, 2.05) is 0 Å². The molecule has 0 saturated carbocycles. The molecule has 110 valence electrons. The lowest BCUT2D eigenvalue weighted by Crippen LogP contribution is -2.12. The fourth-order valence-electron chi connectivity index (χ4n) is 2.06. The van der Waals surface area contributed by atoms with Crippen LogP contribution in [0.25, 0.3) is 0 Å². The SMILES string of the molecule is NCCCCCCC(=O)Nc1cc2c(cc1N)OCO2. The van der Waals surface area contributed by atoms with Crippen LogP contribution in [0.3, 0.4) is 0 Å². The molecule has 0 fully saturated rings. The average molecular weight is 279 g/mol. The zero-order valence-corrected chi connectivity index (χ0v) is 11.5. The van der Waals surface area contributed by atoms with Gasteiger partial charge >= 0.3 is 0 Å². The first-order valence-electron chi connectivity index (χ1n) is 6.89. The van der Waals surface area contributed by atoms with Crippen molar-refractivity contribution in [1.82, 2.24) is 0 Å². The summed E-state index contributed by atoms with van der Waals surface area (Å²) in [6.45, 7) is 0.896. The molecule has 0 atom stereocenters. The minimum atomic E-state index is -0.0386. The molecule has 5 N–H and O–H groups in total. The van der Waals surface area contributed by atoms with Gasteiger partial charge in [-0.15, -0.1) is 0 Å². The van der Waals surface area contributed by atoms with Gasteiger partial charge in [0.05, 0.1) is 11.4 Å². The number of anilines is 2. The molecule has 1 aromatic rings. The minimum Gasteiger partial charge on any atom is -0.454 e. The molecule has 1 heterocycles. The van der Waals surface area contributed by atoms with Gasteiger partial charge in [-0.2, -0.15) is 0 Å². The predicted molar refractivity (Wildman–Crippen MR) is 77.7 cm³/mol. The van der Waals surface area contributed by atoms with E-state index >= 15 is 0 Å². The first kappa shape index (κ1) is 14.5. The Labute approximate surface area is 118 Å². The Bertz CT molecular complexity index is 477. The number of amides is 1. The first-order valence-corrected chi connectivity index (χ1v) is 6.89. The van der Waals surface area contributed by atoms with Crippen LogP contribution in [0.5, 0.6) is 11.5 Å². The van der Waals surface area contributed by atoms with Crippen molar-refractivity contribution in [3.05, 3.63) is 12.1 Å². The van der Waals surface area contributed by atoms with Crippen LogP contribution < -0.4 is 26.3 Å². The zero-order valence-electron chi connectivity index (χ0n) is 11.5. The summed E-state index contributed by atoms with van der Waals surface area (Å²) >= 11 is 0. The van der Waals surface area contributed by atoms with Crippen LogP contribution in [0.1, 0.15) is 32.1 Å². The third-order valence-electron chi connectivity index (χ3n) is 3.18. The summed E-state index contributed by atoms with van der Waals surface area (Å²) in [5.41, 5.74) is 12.3. The van der Waals surface area contributed by atoms with Crippen LogP contribution in [0, 0.1) is 0 Å². The van der Waals surface area contributed by atoms with Gasteiger partial charge in [-0.3, -0.25) is 4.79 Å². The van der Waals surface area contributed by atoms with Crippen molar-refractivity contribution in [2.45, 2.75) is 32.1 Å². The number of hydrogen-bond donors (Lipinski definition) is 3. The number of nitrogen functional groups attached to an aromatic ring is 1. The predicted octanol–water partition coefficient (Wildman–Crippen LogP) is 1.85. The number of carbonyl (C=O) groups is 1. The number of benzene rings is 1. The first-order chi connectivity index (χ1) is 9.70. The van der Waals surface area contributed by atoms with Gasteiger partial charge < -0.3 is 26.3 Å². The van der Waals surface area contributed by atoms with E-state index in [1.54, 1.807) is 12.1 Å². The van der Waals surface area contributed by atoms with Crippen LogP contribution in [0.4, 0.5) is 11.4 Å². The van der Waals surface area contributed by atoms with E-state index in [-0.39, 0.29) is 12.7 Å². The second-order valence-electron chi connectivity index (χ2n) is 4.79. The molecule has 2 rings (SSSR count). The average Bonchev–Trinajstić information content (AvgIpc) is 2.86. The van der Waals surface area contributed by atoms with Gasteiger partial charge in [-0.25, -0.2) is 0 Å². The third-order valence-corrected chi connectivity index (χ3v) is 3.18. The Morgan fingerprint density at radius 1 is 1.15 bits per heavy atom. The smallest absolute Gasteiger partial charge is 0.231 e. The van der Waals surface area contributed by atoms with E-state index in [0.29, 0.717) is 35.8 Å². The number of nitrogens with one attached hydrogen (secondary N) is 1. The lowest BCUT2D eigenvalue weighted by Gasteiger charge is -2.09. The van der Waals surface area contributed by atoms with Crippen LogP contribution in [-0.4, -0.2) is 19.2 Å². The van der Waals surface area contributed by atoms with Crippen molar-refractivity contribution in [3.63, 3.8) is 0 Å². The summed E-state index contributed by atoms with van der Waals surface area (Å²) in [5, 5.41) is 2.81. The quantitative estimate of drug-likeness (QED) is 0.522. The maximum absolute atomic E-state index is 11.8. The molecule has 0 saturated heterocycles. The van der Waals surface area contributed by atoms with Crippen LogP contribution >= 0.6 is 0 Å². The van der Waals surface area contributed by atoms with Crippen molar-refractivity contribution in [1.29, 1.82) is 0 Å². The number of rotatable bonds is 7. The molecule has 6 nitrogen and oxygen atoms in total. The Morgan fingerprint density at radius 3 is 2.60 bits per heavy atom. The molecule has 1 amide bonds. The normalized spacial score (nSPS) is 12.4. The number of nitrogens with two attached hydrogens (primary N) is 2. The molecule has 0 radical (unpaired) electrons. The summed E-state index contributed by atoms with van der Waals surface area (Å²) in [7, 11) is 0. The Balaban J connectivity index is 1.82. The van der Waals surface area contributed by atoms with Gasteiger partial charge in [0.2, 0.25) is 12.7 Å². The molecule has 0 bridgehead atoms. The second kappa shape index (κ2) is 7.00. The summed E-state index contributed by atoms with van der Waals surface area (Å²) in [5.74, 6) is 1.18. The highest BCUT2D eigenvalue weighted by Gasteiger charge is 2.17. The molecule has 0 spiro atoms. The van der Waals surface area contributed by atoms with Crippen LogP contribution in [0.2, 0.25) is 0 Å². The van der Waals surface area contributed by atoms with Crippen molar-refractivity contribution in [2.24, 2.45) is 5.73 Å². The van der Waals surface area contributed by atoms with Gasteiger partial charge in [0.1, 0.15) is 0 Å². The van der Waals surface area contributed by atoms with E-state index in [2.05, 4.69) is 5.32 Å². The number of fused-ring (bicyclic) bond motifs is 1. The fraction of sp³-hybridized carbons (Fsp3) is 0.500. The molecule has 0 aromatic heterocycles. The standard InChI is InChI=1S/C14H21N3O3/c15-6-4-2-1-3-5-14(18)17-11-8-13-12(7-10(11)16)19-9-20-13/h7-8H,1-6,9,15-16H2,(H,17,18). The summed E-state index contributed by atoms with van der Waals surface area (Å²) in [4.78, 5) is 11.8. The molecule has 1 aromatic carbocycles. The highest BCUT2D eigenvalue weighted by Crippen LogP contribution is 2.38. The molecule has 1 aliphatic heterocycles. The molecular weight excluding hydrogens is 258 g/mol. The van der Waals surface area contributed by atoms with Gasteiger partial charge in [-0.1, -0.05) is 12.8 Å². The number of carbonyl (C=O) groups excluding carboxylic acids is 1. The maximum Gasteiger partial charge on any atom is 0.231 e. The number of ether oxygens (including phenoxy) is 2. The highest BCUT2D eigenvalue weighted by molar-refractivity contribution is 5.94. The largest absolute Gasteiger partial charge is 0.454 e. The Hall–Kier alpha value is -1.95. The third kappa shape index (κ3) is 3.77. The zero-order chi connectivity index (χ0) is 14.4. The van der Waals surface area contributed by atoms with Gasteiger partial charge in [0.25, 0.3) is 0 Å².